The largest absolute Gasteiger partial charge is 1.00 e. The second-order valence-corrected chi connectivity index (χ2v) is 1.22. The first kappa shape index (κ1) is 23.2. The molecule has 0 radical (unpaired) electrons. The Morgan fingerprint density at radius 3 is 2.09 bits per heavy atom. The van der Waals surface area contributed by atoms with Crippen LogP contribution < -0.4 is 103 Å². The smallest absolute Gasteiger partial charge is 1.00 e. The zero-order valence-electron chi connectivity index (χ0n) is 9.16. The van der Waals surface area contributed by atoms with Crippen LogP contribution in [0.5, 0.6) is 0 Å². The molecular formula is C6H12K2O3. The maximum absolute atomic E-state index is 9.75. The summed E-state index contributed by atoms with van der Waals surface area (Å²) in [7, 11) is 0. The van der Waals surface area contributed by atoms with Crippen molar-refractivity contribution in [3.8, 4) is 0 Å². The minimum absolute atomic E-state index is 0. The summed E-state index contributed by atoms with van der Waals surface area (Å²) in [5.74, 6) is -0.914. The second-order valence-electron chi connectivity index (χ2n) is 1.22. The fourth-order valence-corrected chi connectivity index (χ4v) is 0.249. The molecule has 0 rings (SSSR count). The van der Waals surface area contributed by atoms with E-state index in [4.69, 9.17) is 5.11 Å². The third-order valence-corrected chi connectivity index (χ3v) is 0.542. The van der Waals surface area contributed by atoms with E-state index in [2.05, 4.69) is 0 Å². The summed E-state index contributed by atoms with van der Waals surface area (Å²) in [5.41, 5.74) is 0. The van der Waals surface area contributed by atoms with Gasteiger partial charge in [-0.3, -0.25) is 0 Å². The molecular weight excluding hydrogens is 198 g/mol. The van der Waals surface area contributed by atoms with Crippen molar-refractivity contribution in [3.05, 3.63) is 24.3 Å². The van der Waals surface area contributed by atoms with Gasteiger partial charge in [-0.2, -0.15) is 0 Å². The molecule has 0 saturated carbocycles. The quantitative estimate of drug-likeness (QED) is 0.281. The van der Waals surface area contributed by atoms with Crippen LogP contribution >= 0.6 is 0 Å². The number of hydrogen-bond donors (Lipinski definition) is 1. The van der Waals surface area contributed by atoms with E-state index in [1.807, 2.05) is 6.92 Å². The SMILES string of the molecule is C/C=C/C=C/C(=O)O.O.[H-].[H-].[K+].[K+]. The number of hydrogen-bond acceptors (Lipinski definition) is 1. The van der Waals surface area contributed by atoms with Crippen LogP contribution in [-0.4, -0.2) is 16.6 Å². The molecule has 0 aliphatic carbocycles. The van der Waals surface area contributed by atoms with Gasteiger partial charge in [-0.1, -0.05) is 18.2 Å². The summed E-state index contributed by atoms with van der Waals surface area (Å²) in [4.78, 5) is 9.75. The molecule has 3 nitrogen and oxygen atoms in total. The summed E-state index contributed by atoms with van der Waals surface area (Å²) >= 11 is 0. The number of carbonyl (C=O) groups is 1. The zero-order chi connectivity index (χ0) is 6.41. The van der Waals surface area contributed by atoms with Gasteiger partial charge in [-0.25, -0.2) is 4.79 Å². The van der Waals surface area contributed by atoms with Crippen LogP contribution in [-0.2, 0) is 4.79 Å². The van der Waals surface area contributed by atoms with Gasteiger partial charge in [0.05, 0.1) is 0 Å². The number of rotatable bonds is 2. The van der Waals surface area contributed by atoms with Crippen molar-refractivity contribution in [1.29, 1.82) is 0 Å². The van der Waals surface area contributed by atoms with E-state index in [9.17, 15) is 4.79 Å². The van der Waals surface area contributed by atoms with Crippen LogP contribution in [0.15, 0.2) is 24.3 Å². The topological polar surface area (TPSA) is 68.8 Å². The van der Waals surface area contributed by atoms with Crippen LogP contribution in [0.2, 0.25) is 0 Å². The van der Waals surface area contributed by atoms with E-state index in [1.54, 1.807) is 12.2 Å². The van der Waals surface area contributed by atoms with Gasteiger partial charge in [0.25, 0.3) is 0 Å². The molecule has 0 atom stereocenters. The van der Waals surface area contributed by atoms with Crippen molar-refractivity contribution >= 4 is 5.97 Å². The first-order valence-corrected chi connectivity index (χ1v) is 2.29. The molecule has 5 heteroatoms. The zero-order valence-corrected chi connectivity index (χ0v) is 13.4. The van der Waals surface area contributed by atoms with Gasteiger partial charge in [-0.15, -0.1) is 0 Å². The second kappa shape index (κ2) is 18.1. The Morgan fingerprint density at radius 2 is 1.82 bits per heavy atom. The van der Waals surface area contributed by atoms with Crippen LogP contribution in [0.3, 0.4) is 0 Å². The first-order valence-electron chi connectivity index (χ1n) is 2.29. The number of aliphatic carboxylic acids is 1. The molecule has 56 valence electrons. The monoisotopic (exact) mass is 210 g/mol. The summed E-state index contributed by atoms with van der Waals surface area (Å²) < 4.78 is 0. The van der Waals surface area contributed by atoms with Gasteiger partial charge >= 0.3 is 109 Å². The van der Waals surface area contributed by atoms with E-state index in [0.717, 1.165) is 6.08 Å². The number of carboxylic acid groups (broad SMARTS) is 1. The number of allylic oxidation sites excluding steroid dienone is 3. The maximum Gasteiger partial charge on any atom is 1.00 e. The molecule has 0 aromatic carbocycles. The molecule has 0 aliphatic heterocycles. The molecule has 3 N–H and O–H groups in total. The Labute approximate surface area is 154 Å². The summed E-state index contributed by atoms with van der Waals surface area (Å²) in [5, 5.41) is 8.02. The molecule has 0 aromatic rings. The minimum atomic E-state index is -0.914. The Morgan fingerprint density at radius 1 is 1.36 bits per heavy atom. The molecule has 0 amide bonds. The summed E-state index contributed by atoms with van der Waals surface area (Å²) in [6, 6.07) is 0. The standard InChI is InChI=1S/C6H8O2.2K.H2O.2H/c1-2-3-4-5-6(7)8;;;;;/h2-5H,1H3,(H,7,8);;;1H2;;/q;2*+1;;2*-1/b3-2+,5-4+;;;;;. The molecule has 0 spiro atoms. The molecule has 0 fully saturated rings. The normalized spacial score (nSPS) is 8.09. The Bertz CT molecular complexity index is 140. The molecule has 0 saturated heterocycles. The maximum atomic E-state index is 9.75. The van der Waals surface area contributed by atoms with E-state index in [0.29, 0.717) is 0 Å². The predicted octanol–water partition coefficient (Wildman–Crippen LogP) is -5.39. The van der Waals surface area contributed by atoms with Crippen molar-refractivity contribution in [2.24, 2.45) is 0 Å². The van der Waals surface area contributed by atoms with E-state index >= 15 is 0 Å². The summed E-state index contributed by atoms with van der Waals surface area (Å²) in [6.07, 6.45) is 5.98. The molecule has 0 aromatic heterocycles. The van der Waals surface area contributed by atoms with Gasteiger partial charge in [-0.05, 0) is 6.92 Å². The molecule has 0 unspecified atom stereocenters. The van der Waals surface area contributed by atoms with Gasteiger partial charge in [0.1, 0.15) is 0 Å². The van der Waals surface area contributed by atoms with Crippen molar-refractivity contribution in [2.75, 3.05) is 0 Å². The molecule has 11 heavy (non-hydrogen) atoms. The van der Waals surface area contributed by atoms with Crippen molar-refractivity contribution in [2.45, 2.75) is 6.92 Å². The van der Waals surface area contributed by atoms with E-state index < -0.39 is 5.97 Å². The van der Waals surface area contributed by atoms with Crippen molar-refractivity contribution in [1.82, 2.24) is 0 Å². The number of carboxylic acids is 1. The fourth-order valence-electron chi connectivity index (χ4n) is 0.249. The van der Waals surface area contributed by atoms with E-state index in [1.165, 1.54) is 6.08 Å². The van der Waals surface area contributed by atoms with Crippen LogP contribution in [0.4, 0.5) is 0 Å². The Hall–Kier alpha value is 2.18. The third kappa shape index (κ3) is 24.5. The Balaban J connectivity index is -0.0000000245. The van der Waals surface area contributed by atoms with Crippen molar-refractivity contribution < 1.29 is 121 Å². The average molecular weight is 210 g/mol. The van der Waals surface area contributed by atoms with Crippen LogP contribution in [0, 0.1) is 0 Å². The average Bonchev–Trinajstić information content (AvgIpc) is 1.66. The third-order valence-electron chi connectivity index (χ3n) is 0.542. The Kier molecular flexibility index (Phi) is 38.1. The molecule has 0 aliphatic rings. The van der Waals surface area contributed by atoms with Crippen LogP contribution in [0.1, 0.15) is 9.78 Å². The minimum Gasteiger partial charge on any atom is -1.00 e. The van der Waals surface area contributed by atoms with E-state index in [-0.39, 0.29) is 111 Å². The fraction of sp³-hybridized carbons (Fsp3) is 0.167. The molecule has 0 heterocycles. The molecule has 0 bridgehead atoms. The summed E-state index contributed by atoms with van der Waals surface area (Å²) in [6.45, 7) is 1.83. The predicted molar refractivity (Wildman–Crippen MR) is 37.4 cm³/mol. The van der Waals surface area contributed by atoms with Crippen molar-refractivity contribution in [3.63, 3.8) is 0 Å². The van der Waals surface area contributed by atoms with Gasteiger partial charge in [0, 0.05) is 6.08 Å². The van der Waals surface area contributed by atoms with Gasteiger partial charge < -0.3 is 13.4 Å². The van der Waals surface area contributed by atoms with Gasteiger partial charge in [0.2, 0.25) is 0 Å². The first-order chi connectivity index (χ1) is 3.77. The van der Waals surface area contributed by atoms with Gasteiger partial charge in [0.15, 0.2) is 0 Å². The van der Waals surface area contributed by atoms with Crippen LogP contribution in [0.25, 0.3) is 0 Å².